The lowest BCUT2D eigenvalue weighted by atomic mass is 9.95. The molecule has 0 spiro atoms. The van der Waals surface area contributed by atoms with Crippen LogP contribution in [0.3, 0.4) is 0 Å². The maximum absolute atomic E-state index is 13.3. The number of ether oxygens (including phenoxy) is 3. The fourth-order valence-electron chi connectivity index (χ4n) is 3.66. The van der Waals surface area contributed by atoms with Gasteiger partial charge in [0.1, 0.15) is 23.6 Å². The van der Waals surface area contributed by atoms with Gasteiger partial charge in [-0.2, -0.15) is 0 Å². The number of hydrogen-bond donors (Lipinski definition) is 2. The van der Waals surface area contributed by atoms with Crippen LogP contribution in [0.5, 0.6) is 11.5 Å². The average Bonchev–Trinajstić information content (AvgIpc) is 3.24. The molecule has 0 bridgehead atoms. The first kappa shape index (κ1) is 21.5. The van der Waals surface area contributed by atoms with Crippen molar-refractivity contribution in [2.24, 2.45) is 5.92 Å². The van der Waals surface area contributed by atoms with Crippen LogP contribution in [0, 0.1) is 5.92 Å². The van der Waals surface area contributed by atoms with Crippen LogP contribution in [0.2, 0.25) is 0 Å². The van der Waals surface area contributed by atoms with E-state index in [-0.39, 0.29) is 11.9 Å². The maximum Gasteiger partial charge on any atom is 0.328 e. The minimum atomic E-state index is -0.747. The number of carbonyl (C=O) groups excluding carboxylic acids is 2. The minimum absolute atomic E-state index is 0.123. The maximum atomic E-state index is 13.3. The predicted octanol–water partition coefficient (Wildman–Crippen LogP) is 2.28. The van der Waals surface area contributed by atoms with Gasteiger partial charge in [0.15, 0.2) is 0 Å². The zero-order valence-electron chi connectivity index (χ0n) is 17.9. The zero-order chi connectivity index (χ0) is 21.8. The first-order valence-corrected chi connectivity index (χ1v) is 9.79. The van der Waals surface area contributed by atoms with Crippen LogP contribution in [0.1, 0.15) is 36.8 Å². The Morgan fingerprint density at radius 1 is 1.17 bits per heavy atom. The van der Waals surface area contributed by atoms with Crippen molar-refractivity contribution in [3.05, 3.63) is 41.5 Å². The van der Waals surface area contributed by atoms with Crippen molar-refractivity contribution in [3.63, 3.8) is 0 Å². The van der Waals surface area contributed by atoms with Crippen LogP contribution in [0.25, 0.3) is 0 Å². The molecule has 0 fully saturated rings. The van der Waals surface area contributed by atoms with E-state index in [9.17, 15) is 9.59 Å². The highest BCUT2D eigenvalue weighted by molar-refractivity contribution is 5.84. The number of aromatic amines is 1. The molecule has 2 heterocycles. The third-order valence-corrected chi connectivity index (χ3v) is 5.28. The highest BCUT2D eigenvalue weighted by Gasteiger charge is 2.36. The van der Waals surface area contributed by atoms with Gasteiger partial charge in [0, 0.05) is 24.7 Å². The molecule has 162 valence electrons. The normalized spacial score (nSPS) is 16.6. The van der Waals surface area contributed by atoms with Crippen LogP contribution in [0.15, 0.2) is 24.5 Å². The SMILES string of the molecule is COC(=O)[C@H](NC(=O)N1CCc2[nH]cnc2[C@@H]1c1cc(OC)cc(OC)c1)C(C)C. The predicted molar refractivity (Wildman–Crippen MR) is 110 cm³/mol. The number of rotatable bonds is 6. The number of fused-ring (bicyclic) bond motifs is 1. The summed E-state index contributed by atoms with van der Waals surface area (Å²) >= 11 is 0. The molecule has 2 amide bonds. The zero-order valence-corrected chi connectivity index (χ0v) is 17.9. The van der Waals surface area contributed by atoms with E-state index in [0.717, 1.165) is 17.0 Å². The number of nitrogens with zero attached hydrogens (tertiary/aromatic N) is 2. The van der Waals surface area contributed by atoms with Crippen molar-refractivity contribution < 1.29 is 23.8 Å². The molecule has 0 radical (unpaired) electrons. The number of aromatic nitrogens is 2. The van der Waals surface area contributed by atoms with Gasteiger partial charge in [0.25, 0.3) is 0 Å². The Hall–Kier alpha value is -3.23. The lowest BCUT2D eigenvalue weighted by molar-refractivity contribution is -0.144. The molecule has 2 aromatic rings. The highest BCUT2D eigenvalue weighted by Crippen LogP contribution is 2.37. The highest BCUT2D eigenvalue weighted by atomic mass is 16.5. The molecule has 0 saturated heterocycles. The average molecular weight is 416 g/mol. The lowest BCUT2D eigenvalue weighted by Crippen LogP contribution is -2.53. The summed E-state index contributed by atoms with van der Waals surface area (Å²) in [5.41, 5.74) is 2.53. The quantitative estimate of drug-likeness (QED) is 0.700. The number of H-pyrrole nitrogens is 1. The molecular weight excluding hydrogens is 388 g/mol. The lowest BCUT2D eigenvalue weighted by Gasteiger charge is -2.36. The third-order valence-electron chi connectivity index (χ3n) is 5.28. The van der Waals surface area contributed by atoms with Crippen LogP contribution in [-0.2, 0) is 16.0 Å². The van der Waals surface area contributed by atoms with E-state index in [2.05, 4.69) is 15.3 Å². The van der Waals surface area contributed by atoms with Crippen LogP contribution >= 0.6 is 0 Å². The number of nitrogens with one attached hydrogen (secondary N) is 2. The first-order chi connectivity index (χ1) is 14.4. The fourth-order valence-corrected chi connectivity index (χ4v) is 3.66. The standard InChI is InChI=1S/C21H28N4O5/c1-12(2)17(20(26)30-5)24-21(27)25-7-6-16-18(23-11-22-16)19(25)13-8-14(28-3)10-15(9-13)29-4/h8-12,17,19H,6-7H2,1-5H3,(H,22,23)(H,24,27)/t17-,19+/m1/s1. The number of imidazole rings is 1. The number of benzene rings is 1. The third kappa shape index (κ3) is 4.19. The van der Waals surface area contributed by atoms with Crippen LogP contribution < -0.4 is 14.8 Å². The Balaban J connectivity index is 2.00. The molecule has 1 aliphatic rings. The van der Waals surface area contributed by atoms with Gasteiger partial charge >= 0.3 is 12.0 Å². The summed E-state index contributed by atoms with van der Waals surface area (Å²) in [5.74, 6) is 0.627. The number of amides is 2. The molecule has 0 saturated carbocycles. The molecule has 9 nitrogen and oxygen atoms in total. The summed E-state index contributed by atoms with van der Waals surface area (Å²) < 4.78 is 15.7. The summed E-state index contributed by atoms with van der Waals surface area (Å²) in [6.07, 6.45) is 2.26. The van der Waals surface area contributed by atoms with E-state index in [0.29, 0.717) is 24.5 Å². The molecule has 3 rings (SSSR count). The summed E-state index contributed by atoms with van der Waals surface area (Å²) in [5, 5.41) is 2.83. The minimum Gasteiger partial charge on any atom is -0.497 e. The van der Waals surface area contributed by atoms with Gasteiger partial charge in [-0.3, -0.25) is 0 Å². The molecule has 9 heteroatoms. The van der Waals surface area contributed by atoms with Crippen molar-refractivity contribution in [1.82, 2.24) is 20.2 Å². The smallest absolute Gasteiger partial charge is 0.328 e. The van der Waals surface area contributed by atoms with Gasteiger partial charge < -0.3 is 29.4 Å². The van der Waals surface area contributed by atoms with Crippen molar-refractivity contribution in [3.8, 4) is 11.5 Å². The monoisotopic (exact) mass is 416 g/mol. The topological polar surface area (TPSA) is 106 Å². The number of urea groups is 1. The van der Waals surface area contributed by atoms with Crippen molar-refractivity contribution in [2.75, 3.05) is 27.9 Å². The molecule has 0 unspecified atom stereocenters. The van der Waals surface area contributed by atoms with E-state index < -0.39 is 18.1 Å². The summed E-state index contributed by atoms with van der Waals surface area (Å²) in [7, 11) is 4.47. The second-order valence-electron chi connectivity index (χ2n) is 7.45. The summed E-state index contributed by atoms with van der Waals surface area (Å²) in [4.78, 5) is 34.7. The van der Waals surface area contributed by atoms with Crippen LogP contribution in [0.4, 0.5) is 4.79 Å². The Morgan fingerprint density at radius 2 is 1.83 bits per heavy atom. The van der Waals surface area contributed by atoms with Gasteiger partial charge in [-0.15, -0.1) is 0 Å². The van der Waals surface area contributed by atoms with Gasteiger partial charge in [-0.05, 0) is 23.6 Å². The van der Waals surface area contributed by atoms with Gasteiger partial charge in [-0.1, -0.05) is 13.8 Å². The second kappa shape index (κ2) is 9.06. The van der Waals surface area contributed by atoms with Gasteiger partial charge in [0.05, 0.1) is 33.4 Å². The molecule has 1 aromatic heterocycles. The number of esters is 1. The Bertz CT molecular complexity index is 888. The first-order valence-electron chi connectivity index (χ1n) is 9.79. The molecular formula is C21H28N4O5. The van der Waals surface area contributed by atoms with E-state index in [1.54, 1.807) is 31.5 Å². The molecule has 2 N–H and O–H groups in total. The van der Waals surface area contributed by atoms with E-state index >= 15 is 0 Å². The molecule has 2 atom stereocenters. The van der Waals surface area contributed by atoms with E-state index in [1.165, 1.54) is 7.11 Å². The Kier molecular flexibility index (Phi) is 6.49. The van der Waals surface area contributed by atoms with Crippen molar-refractivity contribution >= 4 is 12.0 Å². The second-order valence-corrected chi connectivity index (χ2v) is 7.45. The Morgan fingerprint density at radius 3 is 2.40 bits per heavy atom. The van der Waals surface area contributed by atoms with E-state index in [1.807, 2.05) is 26.0 Å². The molecule has 0 aliphatic carbocycles. The van der Waals surface area contributed by atoms with Gasteiger partial charge in [-0.25, -0.2) is 14.6 Å². The number of hydrogen-bond acceptors (Lipinski definition) is 6. The molecule has 30 heavy (non-hydrogen) atoms. The van der Waals surface area contributed by atoms with Crippen molar-refractivity contribution in [1.29, 1.82) is 0 Å². The fraction of sp³-hybridized carbons (Fsp3) is 0.476. The number of methoxy groups -OCH3 is 3. The van der Waals surface area contributed by atoms with E-state index in [4.69, 9.17) is 14.2 Å². The van der Waals surface area contributed by atoms with Crippen LogP contribution in [-0.4, -0.2) is 60.8 Å². The number of carbonyl (C=O) groups is 2. The molecule has 1 aliphatic heterocycles. The molecule has 1 aromatic carbocycles. The van der Waals surface area contributed by atoms with Gasteiger partial charge in [0.2, 0.25) is 0 Å². The largest absolute Gasteiger partial charge is 0.497 e. The Labute approximate surface area is 175 Å². The summed E-state index contributed by atoms with van der Waals surface area (Å²) in [6, 6.07) is 3.92. The van der Waals surface area contributed by atoms with Crippen molar-refractivity contribution in [2.45, 2.75) is 32.4 Å². The summed E-state index contributed by atoms with van der Waals surface area (Å²) in [6.45, 7) is 4.17.